The number of nitrogens with one attached hydrogen (secondary N) is 1. The summed E-state index contributed by atoms with van der Waals surface area (Å²) in [5.41, 5.74) is 1.99. The molecule has 4 nitrogen and oxygen atoms in total. The third kappa shape index (κ3) is 2.45. The van der Waals surface area contributed by atoms with Gasteiger partial charge in [-0.05, 0) is 44.0 Å². The fraction of sp³-hybridized carbons (Fsp3) is 0.533. The van der Waals surface area contributed by atoms with E-state index < -0.39 is 0 Å². The first-order valence-electron chi connectivity index (χ1n) is 7.18. The molecule has 102 valence electrons. The fourth-order valence-corrected chi connectivity index (χ4v) is 3.13. The molecule has 1 saturated heterocycles. The first-order chi connectivity index (χ1) is 9.28. The largest absolute Gasteiger partial charge is 0.326 e. The number of rotatable bonds is 3. The standard InChI is InChI=1S/C15H21N3O/c1-2-17-9-5-6-12(10-17)11-18-14-8-4-3-7-13(14)16-15(18)19/h3-4,7-8,12H,2,5-6,9-11H2,1H3,(H,16,19). The first kappa shape index (κ1) is 12.5. The van der Waals surface area contributed by atoms with Gasteiger partial charge in [0, 0.05) is 13.1 Å². The van der Waals surface area contributed by atoms with E-state index in [-0.39, 0.29) is 5.69 Å². The monoisotopic (exact) mass is 259 g/mol. The minimum atomic E-state index is 0.0230. The normalized spacial score (nSPS) is 21.0. The maximum atomic E-state index is 12.1. The number of likely N-dealkylation sites (tertiary alicyclic amines) is 1. The minimum Gasteiger partial charge on any atom is -0.306 e. The topological polar surface area (TPSA) is 41.0 Å². The van der Waals surface area contributed by atoms with Crippen LogP contribution in [0.5, 0.6) is 0 Å². The zero-order valence-electron chi connectivity index (χ0n) is 11.4. The molecule has 0 saturated carbocycles. The van der Waals surface area contributed by atoms with E-state index in [1.54, 1.807) is 0 Å². The van der Waals surface area contributed by atoms with Gasteiger partial charge in [-0.3, -0.25) is 4.57 Å². The van der Waals surface area contributed by atoms with E-state index >= 15 is 0 Å². The zero-order chi connectivity index (χ0) is 13.2. The van der Waals surface area contributed by atoms with Gasteiger partial charge in [0.25, 0.3) is 0 Å². The van der Waals surface area contributed by atoms with Crippen LogP contribution in [-0.4, -0.2) is 34.1 Å². The maximum absolute atomic E-state index is 12.1. The van der Waals surface area contributed by atoms with E-state index in [4.69, 9.17) is 0 Å². The Balaban J connectivity index is 1.85. The van der Waals surface area contributed by atoms with Crippen LogP contribution in [0.3, 0.4) is 0 Å². The number of hydrogen-bond donors (Lipinski definition) is 1. The Morgan fingerprint density at radius 1 is 1.37 bits per heavy atom. The van der Waals surface area contributed by atoms with Gasteiger partial charge in [0.1, 0.15) is 0 Å². The highest BCUT2D eigenvalue weighted by atomic mass is 16.1. The molecule has 1 atom stereocenters. The molecule has 1 fully saturated rings. The molecule has 1 unspecified atom stereocenters. The number of imidazole rings is 1. The summed E-state index contributed by atoms with van der Waals surface area (Å²) in [6.45, 7) is 6.47. The number of aromatic nitrogens is 2. The van der Waals surface area contributed by atoms with Gasteiger partial charge < -0.3 is 9.88 Å². The summed E-state index contributed by atoms with van der Waals surface area (Å²) in [6.07, 6.45) is 2.47. The Bertz CT molecular complexity index is 613. The predicted molar refractivity (Wildman–Crippen MR) is 77.4 cm³/mol. The van der Waals surface area contributed by atoms with Gasteiger partial charge in [-0.1, -0.05) is 19.1 Å². The van der Waals surface area contributed by atoms with Crippen molar-refractivity contribution in [2.75, 3.05) is 19.6 Å². The van der Waals surface area contributed by atoms with Crippen molar-refractivity contribution in [1.82, 2.24) is 14.5 Å². The average Bonchev–Trinajstić information content (AvgIpc) is 2.76. The number of hydrogen-bond acceptors (Lipinski definition) is 2. The highest BCUT2D eigenvalue weighted by Crippen LogP contribution is 2.19. The van der Waals surface area contributed by atoms with Crippen LogP contribution in [0, 0.1) is 5.92 Å². The number of nitrogens with zero attached hydrogens (tertiary/aromatic N) is 2. The second kappa shape index (κ2) is 5.21. The summed E-state index contributed by atoms with van der Waals surface area (Å²) in [6, 6.07) is 7.94. The van der Waals surface area contributed by atoms with E-state index in [9.17, 15) is 4.79 Å². The molecule has 19 heavy (non-hydrogen) atoms. The predicted octanol–water partition coefficient (Wildman–Crippen LogP) is 2.06. The Morgan fingerprint density at radius 3 is 3.05 bits per heavy atom. The molecule has 1 N–H and O–H groups in total. The van der Waals surface area contributed by atoms with E-state index in [0.29, 0.717) is 5.92 Å². The van der Waals surface area contributed by atoms with Gasteiger partial charge >= 0.3 is 5.69 Å². The molecule has 2 heterocycles. The first-order valence-corrected chi connectivity index (χ1v) is 7.18. The number of H-pyrrole nitrogens is 1. The molecule has 0 aliphatic carbocycles. The Labute approximate surface area is 113 Å². The van der Waals surface area contributed by atoms with Crippen molar-refractivity contribution in [3.8, 4) is 0 Å². The molecule has 0 bridgehead atoms. The molecule has 1 aliphatic rings. The third-order valence-electron chi connectivity index (χ3n) is 4.17. The average molecular weight is 259 g/mol. The molecule has 3 rings (SSSR count). The number of fused-ring (bicyclic) bond motifs is 1. The lowest BCUT2D eigenvalue weighted by Gasteiger charge is -2.31. The van der Waals surface area contributed by atoms with E-state index in [1.807, 2.05) is 28.8 Å². The molecule has 2 aromatic rings. The molecule has 4 heteroatoms. The molecular weight excluding hydrogens is 238 g/mol. The molecule has 0 spiro atoms. The summed E-state index contributed by atoms with van der Waals surface area (Å²) < 4.78 is 1.90. The summed E-state index contributed by atoms with van der Waals surface area (Å²) in [4.78, 5) is 17.5. The van der Waals surface area contributed by atoms with Crippen LogP contribution in [0.4, 0.5) is 0 Å². The van der Waals surface area contributed by atoms with Crippen molar-refractivity contribution < 1.29 is 0 Å². The number of para-hydroxylation sites is 2. The van der Waals surface area contributed by atoms with Crippen molar-refractivity contribution in [3.05, 3.63) is 34.7 Å². The van der Waals surface area contributed by atoms with Crippen molar-refractivity contribution in [1.29, 1.82) is 0 Å². The van der Waals surface area contributed by atoms with Crippen molar-refractivity contribution >= 4 is 11.0 Å². The number of benzene rings is 1. The molecule has 1 aliphatic heterocycles. The second-order valence-corrected chi connectivity index (χ2v) is 5.46. The third-order valence-corrected chi connectivity index (χ3v) is 4.17. The quantitative estimate of drug-likeness (QED) is 0.916. The van der Waals surface area contributed by atoms with Gasteiger partial charge in [-0.2, -0.15) is 0 Å². The number of aromatic amines is 1. The van der Waals surface area contributed by atoms with Crippen molar-refractivity contribution in [2.45, 2.75) is 26.3 Å². The lowest BCUT2D eigenvalue weighted by atomic mass is 9.98. The van der Waals surface area contributed by atoms with E-state index in [2.05, 4.69) is 16.8 Å². The molecule has 0 amide bonds. The van der Waals surface area contributed by atoms with Crippen LogP contribution in [0.15, 0.2) is 29.1 Å². The Hall–Kier alpha value is -1.55. The second-order valence-electron chi connectivity index (χ2n) is 5.46. The molecular formula is C15H21N3O. The smallest absolute Gasteiger partial charge is 0.306 e. The SMILES string of the molecule is CCN1CCCC(Cn2c(=O)[nH]c3ccccc32)C1. The Kier molecular flexibility index (Phi) is 3.42. The summed E-state index contributed by atoms with van der Waals surface area (Å²) in [7, 11) is 0. The molecule has 0 radical (unpaired) electrons. The lowest BCUT2D eigenvalue weighted by molar-refractivity contribution is 0.170. The van der Waals surface area contributed by atoms with Crippen LogP contribution in [0.2, 0.25) is 0 Å². The van der Waals surface area contributed by atoms with Gasteiger partial charge in [-0.15, -0.1) is 0 Å². The van der Waals surface area contributed by atoms with E-state index in [1.165, 1.54) is 19.4 Å². The molecule has 1 aromatic heterocycles. The van der Waals surface area contributed by atoms with Crippen LogP contribution >= 0.6 is 0 Å². The van der Waals surface area contributed by atoms with Gasteiger partial charge in [0.15, 0.2) is 0 Å². The van der Waals surface area contributed by atoms with Crippen molar-refractivity contribution in [3.63, 3.8) is 0 Å². The van der Waals surface area contributed by atoms with E-state index in [0.717, 1.165) is 30.7 Å². The zero-order valence-corrected chi connectivity index (χ0v) is 11.4. The van der Waals surface area contributed by atoms with Gasteiger partial charge in [0.2, 0.25) is 0 Å². The van der Waals surface area contributed by atoms with Crippen molar-refractivity contribution in [2.24, 2.45) is 5.92 Å². The summed E-state index contributed by atoms with van der Waals surface area (Å²) >= 11 is 0. The number of piperidine rings is 1. The van der Waals surface area contributed by atoms with Crippen LogP contribution in [-0.2, 0) is 6.54 Å². The van der Waals surface area contributed by atoms with Crippen LogP contribution in [0.1, 0.15) is 19.8 Å². The summed E-state index contributed by atoms with van der Waals surface area (Å²) in [5.74, 6) is 0.589. The van der Waals surface area contributed by atoms with Gasteiger partial charge in [0.05, 0.1) is 11.0 Å². The van der Waals surface area contributed by atoms with Gasteiger partial charge in [-0.25, -0.2) is 4.79 Å². The maximum Gasteiger partial charge on any atom is 0.326 e. The summed E-state index contributed by atoms with van der Waals surface area (Å²) in [5, 5.41) is 0. The highest BCUT2D eigenvalue weighted by molar-refractivity contribution is 5.74. The lowest BCUT2D eigenvalue weighted by Crippen LogP contribution is -2.37. The Morgan fingerprint density at radius 2 is 2.21 bits per heavy atom. The molecule has 1 aromatic carbocycles. The fourth-order valence-electron chi connectivity index (χ4n) is 3.13. The highest BCUT2D eigenvalue weighted by Gasteiger charge is 2.20. The van der Waals surface area contributed by atoms with Crippen LogP contribution < -0.4 is 5.69 Å². The minimum absolute atomic E-state index is 0.0230. The van der Waals surface area contributed by atoms with Crippen LogP contribution in [0.25, 0.3) is 11.0 Å².